The molecule has 0 spiro atoms. The molecule has 0 aliphatic rings. The van der Waals surface area contributed by atoms with Gasteiger partial charge in [0, 0.05) is 18.1 Å². The fraction of sp³-hybridized carbons (Fsp3) is 0.222. The molecule has 13 heavy (non-hydrogen) atoms. The van der Waals surface area contributed by atoms with Crippen LogP contribution >= 0.6 is 11.6 Å². The van der Waals surface area contributed by atoms with Crippen molar-refractivity contribution >= 4 is 17.4 Å². The van der Waals surface area contributed by atoms with Crippen LogP contribution in [0.15, 0.2) is 12.1 Å². The number of rotatable bonds is 2. The zero-order valence-electron chi connectivity index (χ0n) is 6.97. The number of phenolic OH excluding ortho intramolecular Hbond substituents is 1. The minimum Gasteiger partial charge on any atom is -0.508 e. The minimum atomic E-state index is -0.688. The molecule has 1 aromatic carbocycles. The van der Waals surface area contributed by atoms with Gasteiger partial charge in [-0.1, -0.05) is 11.6 Å². The molecule has 1 rings (SSSR count). The van der Waals surface area contributed by atoms with E-state index < -0.39 is 5.82 Å². The lowest BCUT2D eigenvalue weighted by molar-refractivity contribution is -0.116. The number of Topliss-reactive ketones (excluding diaryl/α,β-unsaturated/α-hetero) is 1. The van der Waals surface area contributed by atoms with E-state index in [0.29, 0.717) is 5.56 Å². The number of halogens is 2. The quantitative estimate of drug-likeness (QED) is 0.799. The van der Waals surface area contributed by atoms with Crippen LogP contribution in [-0.2, 0) is 11.2 Å². The first kappa shape index (κ1) is 9.99. The largest absolute Gasteiger partial charge is 0.508 e. The van der Waals surface area contributed by atoms with E-state index in [1.807, 2.05) is 0 Å². The number of phenols is 1. The maximum atomic E-state index is 12.7. The van der Waals surface area contributed by atoms with Crippen LogP contribution in [0.4, 0.5) is 4.39 Å². The van der Waals surface area contributed by atoms with Gasteiger partial charge >= 0.3 is 0 Å². The van der Waals surface area contributed by atoms with Crippen molar-refractivity contribution in [2.45, 2.75) is 13.3 Å². The van der Waals surface area contributed by atoms with Crippen molar-refractivity contribution in [2.75, 3.05) is 0 Å². The van der Waals surface area contributed by atoms with E-state index in [9.17, 15) is 14.3 Å². The number of ketones is 1. The normalized spacial score (nSPS) is 10.1. The molecule has 0 saturated carbocycles. The molecular formula is C9H8ClFO2. The molecule has 70 valence electrons. The first-order chi connectivity index (χ1) is 6.00. The SMILES string of the molecule is CC(=O)Cc1cc(Cl)c(F)cc1O. The molecular weight excluding hydrogens is 195 g/mol. The highest BCUT2D eigenvalue weighted by molar-refractivity contribution is 6.30. The molecule has 0 atom stereocenters. The van der Waals surface area contributed by atoms with Gasteiger partial charge in [0.15, 0.2) is 0 Å². The summed E-state index contributed by atoms with van der Waals surface area (Å²) >= 11 is 5.47. The lowest BCUT2D eigenvalue weighted by Gasteiger charge is -2.03. The van der Waals surface area contributed by atoms with Crippen LogP contribution in [-0.4, -0.2) is 10.9 Å². The van der Waals surface area contributed by atoms with E-state index in [1.54, 1.807) is 0 Å². The third-order valence-corrected chi connectivity index (χ3v) is 1.85. The average Bonchev–Trinajstić information content (AvgIpc) is 1.99. The highest BCUT2D eigenvalue weighted by Gasteiger charge is 2.08. The summed E-state index contributed by atoms with van der Waals surface area (Å²) in [4.78, 5) is 10.7. The Morgan fingerprint density at radius 1 is 1.62 bits per heavy atom. The summed E-state index contributed by atoms with van der Waals surface area (Å²) in [6.45, 7) is 1.39. The predicted octanol–water partition coefficient (Wildman–Crippen LogP) is 2.32. The van der Waals surface area contributed by atoms with E-state index in [2.05, 4.69) is 0 Å². The predicted molar refractivity (Wildman–Crippen MR) is 47.5 cm³/mol. The second-order valence-electron chi connectivity index (χ2n) is 2.77. The molecule has 0 unspecified atom stereocenters. The second-order valence-corrected chi connectivity index (χ2v) is 3.18. The molecule has 1 aromatic rings. The van der Waals surface area contributed by atoms with Gasteiger partial charge in [-0.3, -0.25) is 4.79 Å². The summed E-state index contributed by atoms with van der Waals surface area (Å²) < 4.78 is 12.7. The second kappa shape index (κ2) is 3.75. The van der Waals surface area contributed by atoms with Gasteiger partial charge < -0.3 is 5.11 Å². The molecule has 0 aromatic heterocycles. The maximum Gasteiger partial charge on any atom is 0.145 e. The lowest BCUT2D eigenvalue weighted by atomic mass is 10.1. The topological polar surface area (TPSA) is 37.3 Å². The zero-order valence-corrected chi connectivity index (χ0v) is 7.73. The summed E-state index contributed by atoms with van der Waals surface area (Å²) in [5, 5.41) is 9.12. The number of hydrogen-bond donors (Lipinski definition) is 1. The first-order valence-corrected chi connectivity index (χ1v) is 4.05. The van der Waals surface area contributed by atoms with E-state index in [4.69, 9.17) is 11.6 Å². The smallest absolute Gasteiger partial charge is 0.145 e. The Balaban J connectivity index is 3.08. The fourth-order valence-electron chi connectivity index (χ4n) is 0.987. The van der Waals surface area contributed by atoms with E-state index in [0.717, 1.165) is 6.07 Å². The minimum absolute atomic E-state index is 0.0613. The van der Waals surface area contributed by atoms with Crippen LogP contribution < -0.4 is 0 Å². The van der Waals surface area contributed by atoms with Crippen LogP contribution in [0, 0.1) is 5.82 Å². The van der Waals surface area contributed by atoms with Crippen molar-refractivity contribution < 1.29 is 14.3 Å². The lowest BCUT2D eigenvalue weighted by Crippen LogP contribution is -1.97. The Morgan fingerprint density at radius 3 is 2.77 bits per heavy atom. The van der Waals surface area contributed by atoms with Gasteiger partial charge in [0.2, 0.25) is 0 Å². The molecule has 2 nitrogen and oxygen atoms in total. The van der Waals surface area contributed by atoms with Gasteiger partial charge in [0.25, 0.3) is 0 Å². The third kappa shape index (κ3) is 2.42. The van der Waals surface area contributed by atoms with Crippen molar-refractivity contribution in [3.63, 3.8) is 0 Å². The standard InChI is InChI=1S/C9H8ClFO2/c1-5(12)2-6-3-7(10)8(11)4-9(6)13/h3-4,13H,2H2,1H3. The van der Waals surface area contributed by atoms with Crippen molar-refractivity contribution in [2.24, 2.45) is 0 Å². The van der Waals surface area contributed by atoms with Gasteiger partial charge in [-0.2, -0.15) is 0 Å². The van der Waals surface area contributed by atoms with Gasteiger partial charge in [0.05, 0.1) is 5.02 Å². The third-order valence-electron chi connectivity index (χ3n) is 1.56. The van der Waals surface area contributed by atoms with Crippen LogP contribution in [0.25, 0.3) is 0 Å². The molecule has 0 heterocycles. The van der Waals surface area contributed by atoms with Crippen LogP contribution in [0.5, 0.6) is 5.75 Å². The average molecular weight is 203 g/mol. The Bertz CT molecular complexity index is 350. The van der Waals surface area contributed by atoms with Crippen LogP contribution in [0.1, 0.15) is 12.5 Å². The number of carbonyl (C=O) groups is 1. The van der Waals surface area contributed by atoms with E-state index in [-0.39, 0.29) is 23.0 Å². The summed E-state index contributed by atoms with van der Waals surface area (Å²) in [6, 6.07) is 2.16. The van der Waals surface area contributed by atoms with Crippen molar-refractivity contribution in [3.8, 4) is 5.75 Å². The Morgan fingerprint density at radius 2 is 2.23 bits per heavy atom. The molecule has 0 fully saturated rings. The summed E-state index contributed by atoms with van der Waals surface area (Å²) in [7, 11) is 0. The van der Waals surface area contributed by atoms with Gasteiger partial charge in [-0.15, -0.1) is 0 Å². The molecule has 0 amide bonds. The molecule has 0 radical (unpaired) electrons. The summed E-state index contributed by atoms with van der Waals surface area (Å²) in [5.74, 6) is -1.04. The van der Waals surface area contributed by atoms with Gasteiger partial charge in [-0.25, -0.2) is 4.39 Å². The van der Waals surface area contributed by atoms with Crippen LogP contribution in [0.3, 0.4) is 0 Å². The van der Waals surface area contributed by atoms with Crippen molar-refractivity contribution in [1.29, 1.82) is 0 Å². The molecule has 0 bridgehead atoms. The Kier molecular flexibility index (Phi) is 2.88. The van der Waals surface area contributed by atoms with E-state index >= 15 is 0 Å². The van der Waals surface area contributed by atoms with Gasteiger partial charge in [-0.05, 0) is 13.0 Å². The first-order valence-electron chi connectivity index (χ1n) is 3.67. The molecule has 0 aliphatic carbocycles. The maximum absolute atomic E-state index is 12.7. The van der Waals surface area contributed by atoms with Crippen LogP contribution in [0.2, 0.25) is 5.02 Å². The highest BCUT2D eigenvalue weighted by atomic mass is 35.5. The summed E-state index contributed by atoms with van der Waals surface area (Å²) in [5.41, 5.74) is 0.346. The fourth-order valence-corrected chi connectivity index (χ4v) is 1.17. The number of carbonyl (C=O) groups excluding carboxylic acids is 1. The molecule has 0 saturated heterocycles. The number of hydrogen-bond acceptors (Lipinski definition) is 2. The monoisotopic (exact) mass is 202 g/mol. The van der Waals surface area contributed by atoms with Crippen molar-refractivity contribution in [3.05, 3.63) is 28.5 Å². The van der Waals surface area contributed by atoms with Crippen molar-refractivity contribution in [1.82, 2.24) is 0 Å². The molecule has 0 aliphatic heterocycles. The Labute approximate surface area is 80.0 Å². The Hall–Kier alpha value is -1.09. The molecule has 4 heteroatoms. The van der Waals surface area contributed by atoms with E-state index in [1.165, 1.54) is 13.0 Å². The molecule has 1 N–H and O–H groups in total. The van der Waals surface area contributed by atoms with Gasteiger partial charge in [0.1, 0.15) is 17.3 Å². The summed E-state index contributed by atoms with van der Waals surface area (Å²) in [6.07, 6.45) is 0.0613. The number of aromatic hydroxyl groups is 1. The number of benzene rings is 1. The zero-order chi connectivity index (χ0) is 10.0. The highest BCUT2D eigenvalue weighted by Crippen LogP contribution is 2.25.